The van der Waals surface area contributed by atoms with Crippen LogP contribution in [-0.4, -0.2) is 12.5 Å². The van der Waals surface area contributed by atoms with Gasteiger partial charge < -0.3 is 5.73 Å². The second kappa shape index (κ2) is 5.12. The fraction of sp³-hybridized carbons (Fsp3) is 0.462. The molecule has 88 valence electrons. The van der Waals surface area contributed by atoms with E-state index in [0.717, 1.165) is 24.1 Å². The van der Waals surface area contributed by atoms with Crippen molar-refractivity contribution in [3.05, 3.63) is 35.4 Å². The summed E-state index contributed by atoms with van der Waals surface area (Å²) in [6.07, 6.45) is 0.967. The SMILES string of the molecule is CCCNC(C)(C(N)=O)c1ccccc1C. The van der Waals surface area contributed by atoms with Crippen LogP contribution in [0.15, 0.2) is 24.3 Å². The topological polar surface area (TPSA) is 55.1 Å². The maximum atomic E-state index is 11.6. The number of benzene rings is 1. The van der Waals surface area contributed by atoms with E-state index in [-0.39, 0.29) is 5.91 Å². The maximum absolute atomic E-state index is 11.6. The minimum atomic E-state index is -0.776. The largest absolute Gasteiger partial charge is 0.368 e. The highest BCUT2D eigenvalue weighted by atomic mass is 16.1. The molecule has 0 saturated heterocycles. The molecule has 0 aliphatic rings. The lowest BCUT2D eigenvalue weighted by molar-refractivity contribution is -0.124. The number of carbonyl (C=O) groups excluding carboxylic acids is 1. The average Bonchev–Trinajstić information content (AvgIpc) is 2.26. The van der Waals surface area contributed by atoms with E-state index in [1.54, 1.807) is 0 Å². The smallest absolute Gasteiger partial charge is 0.242 e. The van der Waals surface area contributed by atoms with E-state index in [2.05, 4.69) is 12.2 Å². The van der Waals surface area contributed by atoms with Crippen molar-refractivity contribution >= 4 is 5.91 Å². The lowest BCUT2D eigenvalue weighted by atomic mass is 9.88. The third-order valence-corrected chi connectivity index (χ3v) is 2.91. The third kappa shape index (κ3) is 2.42. The number of amides is 1. The van der Waals surface area contributed by atoms with Crippen LogP contribution < -0.4 is 11.1 Å². The van der Waals surface area contributed by atoms with Gasteiger partial charge in [0.2, 0.25) is 5.91 Å². The van der Waals surface area contributed by atoms with Crippen molar-refractivity contribution in [3.63, 3.8) is 0 Å². The van der Waals surface area contributed by atoms with Crippen LogP contribution >= 0.6 is 0 Å². The van der Waals surface area contributed by atoms with Crippen LogP contribution in [0.25, 0.3) is 0 Å². The lowest BCUT2D eigenvalue weighted by Gasteiger charge is -2.29. The molecule has 0 spiro atoms. The van der Waals surface area contributed by atoms with E-state index in [1.807, 2.05) is 38.1 Å². The van der Waals surface area contributed by atoms with Crippen molar-refractivity contribution in [2.45, 2.75) is 32.7 Å². The van der Waals surface area contributed by atoms with Crippen molar-refractivity contribution in [1.29, 1.82) is 0 Å². The Morgan fingerprint density at radius 1 is 1.44 bits per heavy atom. The van der Waals surface area contributed by atoms with Gasteiger partial charge in [0.1, 0.15) is 5.54 Å². The van der Waals surface area contributed by atoms with Crippen LogP contribution in [0.1, 0.15) is 31.4 Å². The molecule has 1 aromatic rings. The zero-order valence-electron chi connectivity index (χ0n) is 10.2. The Morgan fingerprint density at radius 2 is 2.06 bits per heavy atom. The third-order valence-electron chi connectivity index (χ3n) is 2.91. The molecule has 16 heavy (non-hydrogen) atoms. The number of nitrogens with one attached hydrogen (secondary N) is 1. The molecular formula is C13H20N2O. The molecule has 0 fully saturated rings. The van der Waals surface area contributed by atoms with E-state index in [9.17, 15) is 4.79 Å². The Balaban J connectivity index is 3.11. The van der Waals surface area contributed by atoms with Crippen LogP contribution in [0.5, 0.6) is 0 Å². The van der Waals surface area contributed by atoms with Crippen molar-refractivity contribution < 1.29 is 4.79 Å². The molecule has 1 rings (SSSR count). The quantitative estimate of drug-likeness (QED) is 0.793. The minimum Gasteiger partial charge on any atom is -0.368 e. The molecule has 1 atom stereocenters. The summed E-state index contributed by atoms with van der Waals surface area (Å²) in [5, 5.41) is 3.23. The number of nitrogens with two attached hydrogens (primary N) is 1. The van der Waals surface area contributed by atoms with Crippen LogP contribution in [0.4, 0.5) is 0 Å². The number of hydrogen-bond acceptors (Lipinski definition) is 2. The van der Waals surface area contributed by atoms with Gasteiger partial charge in [0.05, 0.1) is 0 Å². The van der Waals surface area contributed by atoms with Gasteiger partial charge in [-0.3, -0.25) is 10.1 Å². The zero-order chi connectivity index (χ0) is 12.2. The predicted octanol–water partition coefficient (Wildman–Crippen LogP) is 1.70. The zero-order valence-corrected chi connectivity index (χ0v) is 10.2. The van der Waals surface area contributed by atoms with Crippen LogP contribution in [0, 0.1) is 6.92 Å². The number of carbonyl (C=O) groups is 1. The monoisotopic (exact) mass is 220 g/mol. The molecule has 1 aromatic carbocycles. The summed E-state index contributed by atoms with van der Waals surface area (Å²) in [6, 6.07) is 7.82. The molecule has 0 saturated carbocycles. The Morgan fingerprint density at radius 3 is 2.56 bits per heavy atom. The van der Waals surface area contributed by atoms with E-state index < -0.39 is 5.54 Å². The first-order chi connectivity index (χ1) is 7.52. The van der Waals surface area contributed by atoms with Gasteiger partial charge in [-0.15, -0.1) is 0 Å². The van der Waals surface area contributed by atoms with Crippen molar-refractivity contribution in [2.75, 3.05) is 6.54 Å². The van der Waals surface area contributed by atoms with Gasteiger partial charge in [0.15, 0.2) is 0 Å². The van der Waals surface area contributed by atoms with Crippen molar-refractivity contribution in [3.8, 4) is 0 Å². The van der Waals surface area contributed by atoms with Crippen molar-refractivity contribution in [2.24, 2.45) is 5.73 Å². The highest BCUT2D eigenvalue weighted by Crippen LogP contribution is 2.23. The summed E-state index contributed by atoms with van der Waals surface area (Å²) in [5.74, 6) is -0.338. The summed E-state index contributed by atoms with van der Waals surface area (Å²) < 4.78 is 0. The van der Waals surface area contributed by atoms with Gasteiger partial charge in [0.25, 0.3) is 0 Å². The Kier molecular flexibility index (Phi) is 4.07. The highest BCUT2D eigenvalue weighted by molar-refractivity contribution is 5.86. The average molecular weight is 220 g/mol. The normalized spacial score (nSPS) is 14.4. The predicted molar refractivity (Wildman–Crippen MR) is 66.0 cm³/mol. The van der Waals surface area contributed by atoms with Crippen molar-refractivity contribution in [1.82, 2.24) is 5.32 Å². The molecule has 3 nitrogen and oxygen atoms in total. The van der Waals surface area contributed by atoms with Crippen LogP contribution in [0.3, 0.4) is 0 Å². The lowest BCUT2D eigenvalue weighted by Crippen LogP contribution is -2.51. The molecule has 3 heteroatoms. The van der Waals surface area contributed by atoms with E-state index in [1.165, 1.54) is 0 Å². The first-order valence-electron chi connectivity index (χ1n) is 5.63. The summed E-state index contributed by atoms with van der Waals surface area (Å²) in [7, 11) is 0. The van der Waals surface area contributed by atoms with E-state index >= 15 is 0 Å². The second-order valence-electron chi connectivity index (χ2n) is 4.23. The first kappa shape index (κ1) is 12.7. The minimum absolute atomic E-state index is 0.338. The fourth-order valence-electron chi connectivity index (χ4n) is 1.82. The summed E-state index contributed by atoms with van der Waals surface area (Å²) in [5.41, 5.74) is 6.77. The van der Waals surface area contributed by atoms with Gasteiger partial charge in [0, 0.05) is 0 Å². The highest BCUT2D eigenvalue weighted by Gasteiger charge is 2.33. The molecule has 1 unspecified atom stereocenters. The summed E-state index contributed by atoms with van der Waals surface area (Å²) in [6.45, 7) is 6.66. The molecule has 0 aliphatic heterocycles. The Bertz CT molecular complexity index is 376. The molecular weight excluding hydrogens is 200 g/mol. The standard InChI is InChI=1S/C13H20N2O/c1-4-9-15-13(3,12(14)16)11-8-6-5-7-10(11)2/h5-8,15H,4,9H2,1-3H3,(H2,14,16). The first-order valence-corrected chi connectivity index (χ1v) is 5.63. The van der Waals surface area contributed by atoms with Gasteiger partial charge in [-0.05, 0) is 37.9 Å². The Hall–Kier alpha value is -1.35. The van der Waals surface area contributed by atoms with Crippen LogP contribution in [-0.2, 0) is 10.3 Å². The summed E-state index contributed by atoms with van der Waals surface area (Å²) >= 11 is 0. The Labute approximate surface area is 97.0 Å². The number of primary amides is 1. The second-order valence-corrected chi connectivity index (χ2v) is 4.23. The summed E-state index contributed by atoms with van der Waals surface area (Å²) in [4.78, 5) is 11.6. The van der Waals surface area contributed by atoms with Gasteiger partial charge >= 0.3 is 0 Å². The number of aryl methyl sites for hydroxylation is 1. The fourth-order valence-corrected chi connectivity index (χ4v) is 1.82. The molecule has 0 heterocycles. The molecule has 0 aromatic heterocycles. The maximum Gasteiger partial charge on any atom is 0.242 e. The molecule has 0 aliphatic carbocycles. The van der Waals surface area contributed by atoms with Gasteiger partial charge in [-0.2, -0.15) is 0 Å². The molecule has 3 N–H and O–H groups in total. The van der Waals surface area contributed by atoms with Gasteiger partial charge in [-0.25, -0.2) is 0 Å². The number of rotatable bonds is 5. The van der Waals surface area contributed by atoms with Gasteiger partial charge in [-0.1, -0.05) is 31.2 Å². The van der Waals surface area contributed by atoms with Crippen LogP contribution in [0.2, 0.25) is 0 Å². The molecule has 0 bridgehead atoms. The van der Waals surface area contributed by atoms with E-state index in [0.29, 0.717) is 0 Å². The van der Waals surface area contributed by atoms with E-state index in [4.69, 9.17) is 5.73 Å². The number of hydrogen-bond donors (Lipinski definition) is 2. The molecule has 0 radical (unpaired) electrons. The molecule has 1 amide bonds.